The average Bonchev–Trinajstić information content (AvgIpc) is 2.76. The van der Waals surface area contributed by atoms with E-state index in [0.717, 1.165) is 23.3 Å². The van der Waals surface area contributed by atoms with E-state index in [4.69, 9.17) is 5.11 Å². The Hall–Kier alpha value is -3.50. The van der Waals surface area contributed by atoms with Crippen LogP contribution in [-0.2, 0) is 5.41 Å². The number of hydrogen-bond acceptors (Lipinski definition) is 2. The van der Waals surface area contributed by atoms with Crippen LogP contribution in [0.1, 0.15) is 75.9 Å². The van der Waals surface area contributed by atoms with Crippen LogP contribution in [0.25, 0.3) is 0 Å². The Morgan fingerprint density at radius 2 is 1.38 bits per heavy atom. The normalized spacial score (nSPS) is 27.1. The van der Waals surface area contributed by atoms with E-state index in [2.05, 4.69) is 47.9 Å². The maximum absolute atomic E-state index is 11.4. The van der Waals surface area contributed by atoms with Crippen molar-refractivity contribution < 1.29 is 19.8 Å². The summed E-state index contributed by atoms with van der Waals surface area (Å²) in [5, 5.41) is 18.4. The van der Waals surface area contributed by atoms with Gasteiger partial charge in [-0.3, -0.25) is 0 Å². The number of hydrogen-bond donors (Lipinski definition) is 2. The first kappa shape index (κ1) is 20.4. The third-order valence-corrected chi connectivity index (χ3v) is 7.50. The highest BCUT2D eigenvalue weighted by Gasteiger charge is 2.51. The van der Waals surface area contributed by atoms with Crippen LogP contribution in [0, 0.1) is 41.4 Å². The molecule has 2 N–H and O–H groups in total. The van der Waals surface area contributed by atoms with Gasteiger partial charge >= 0.3 is 11.9 Å². The Bertz CT molecular complexity index is 1180. The van der Waals surface area contributed by atoms with Gasteiger partial charge in [-0.2, -0.15) is 0 Å². The van der Waals surface area contributed by atoms with Gasteiger partial charge in [0.2, 0.25) is 0 Å². The highest BCUT2D eigenvalue weighted by Crippen LogP contribution is 2.60. The molecule has 4 fully saturated rings. The minimum atomic E-state index is -1.15. The molecule has 160 valence electrons. The van der Waals surface area contributed by atoms with Crippen LogP contribution >= 0.6 is 0 Å². The molecule has 32 heavy (non-hydrogen) atoms. The quantitative estimate of drug-likeness (QED) is 0.684. The summed E-state index contributed by atoms with van der Waals surface area (Å²) >= 11 is 0. The van der Waals surface area contributed by atoms with Gasteiger partial charge in [0, 0.05) is 11.1 Å². The summed E-state index contributed by atoms with van der Waals surface area (Å²) in [6, 6.07) is 12.3. The highest BCUT2D eigenvalue weighted by atomic mass is 16.4. The summed E-state index contributed by atoms with van der Waals surface area (Å²) in [7, 11) is 0. The fourth-order valence-electron chi connectivity index (χ4n) is 6.54. The number of carbonyl (C=O) groups is 2. The number of aromatic carboxylic acids is 2. The van der Waals surface area contributed by atoms with E-state index in [0.29, 0.717) is 5.41 Å². The zero-order valence-electron chi connectivity index (χ0n) is 17.7. The zero-order chi connectivity index (χ0) is 22.3. The molecule has 2 aromatic carbocycles. The van der Waals surface area contributed by atoms with E-state index in [9.17, 15) is 14.7 Å². The molecular weight excluding hydrogens is 400 g/mol. The van der Waals surface area contributed by atoms with Gasteiger partial charge in [0.05, 0.1) is 11.1 Å². The van der Waals surface area contributed by atoms with Crippen molar-refractivity contribution in [2.24, 2.45) is 17.8 Å². The molecule has 2 aromatic rings. The molecule has 4 heteroatoms. The van der Waals surface area contributed by atoms with Crippen LogP contribution in [0.2, 0.25) is 0 Å². The van der Waals surface area contributed by atoms with Gasteiger partial charge in [0.15, 0.2) is 0 Å². The number of carboxylic acids is 2. The standard InChI is InChI=1S/C28H24O4/c29-26(30)23-7-10-25(27(31)32)22(14-23)4-2-1-3-18-5-8-24(9-6-18)28-15-19-11-20(16-28)13-21(12-19)17-28/h5-10,14,19-21H,11-13,15-17H2,(H,29,30)(H,31,32). The topological polar surface area (TPSA) is 74.6 Å². The second kappa shape index (κ2) is 7.88. The molecule has 4 nitrogen and oxygen atoms in total. The molecule has 4 bridgehead atoms. The summed E-state index contributed by atoms with van der Waals surface area (Å²) < 4.78 is 0. The van der Waals surface area contributed by atoms with Crippen molar-refractivity contribution in [1.82, 2.24) is 0 Å². The molecule has 0 aromatic heterocycles. The lowest BCUT2D eigenvalue weighted by Gasteiger charge is -2.57. The smallest absolute Gasteiger partial charge is 0.336 e. The molecule has 0 heterocycles. The second-order valence-corrected chi connectivity index (χ2v) is 9.65. The van der Waals surface area contributed by atoms with Gasteiger partial charge in [-0.05, 0) is 109 Å². The molecule has 0 atom stereocenters. The Kier molecular flexibility index (Phi) is 5.03. The molecule has 0 amide bonds. The van der Waals surface area contributed by atoms with Crippen LogP contribution in [-0.4, -0.2) is 22.2 Å². The predicted octanol–water partition coefficient (Wildman–Crippen LogP) is 4.95. The van der Waals surface area contributed by atoms with E-state index in [1.165, 1.54) is 62.3 Å². The van der Waals surface area contributed by atoms with Gasteiger partial charge < -0.3 is 10.2 Å². The minimum Gasteiger partial charge on any atom is -0.478 e. The van der Waals surface area contributed by atoms with E-state index in [1.54, 1.807) is 0 Å². The summed E-state index contributed by atoms with van der Waals surface area (Å²) in [6.07, 6.45) is 8.28. The van der Waals surface area contributed by atoms with Crippen molar-refractivity contribution in [1.29, 1.82) is 0 Å². The van der Waals surface area contributed by atoms with E-state index in [-0.39, 0.29) is 16.7 Å². The van der Waals surface area contributed by atoms with Gasteiger partial charge in [0.1, 0.15) is 0 Å². The molecule has 6 rings (SSSR count). The summed E-state index contributed by atoms with van der Waals surface area (Å²) in [6.45, 7) is 0. The molecule has 0 aliphatic heterocycles. The van der Waals surface area contributed by atoms with Crippen molar-refractivity contribution in [3.05, 3.63) is 70.3 Å². The second-order valence-electron chi connectivity index (χ2n) is 9.65. The Balaban J connectivity index is 1.34. The lowest BCUT2D eigenvalue weighted by molar-refractivity contribution is -0.00519. The van der Waals surface area contributed by atoms with Crippen molar-refractivity contribution in [2.75, 3.05) is 0 Å². The van der Waals surface area contributed by atoms with Crippen molar-refractivity contribution in [3.63, 3.8) is 0 Å². The monoisotopic (exact) mass is 424 g/mol. The first-order valence-corrected chi connectivity index (χ1v) is 11.1. The van der Waals surface area contributed by atoms with Crippen molar-refractivity contribution in [3.8, 4) is 23.7 Å². The number of rotatable bonds is 3. The van der Waals surface area contributed by atoms with Gasteiger partial charge in [-0.1, -0.05) is 24.0 Å². The van der Waals surface area contributed by atoms with Crippen LogP contribution in [0.5, 0.6) is 0 Å². The summed E-state index contributed by atoms with van der Waals surface area (Å²) in [5.41, 5.74) is 2.78. The van der Waals surface area contributed by atoms with E-state index < -0.39 is 11.9 Å². The molecule has 0 unspecified atom stereocenters. The zero-order valence-corrected chi connectivity index (χ0v) is 17.7. The van der Waals surface area contributed by atoms with E-state index >= 15 is 0 Å². The fourth-order valence-corrected chi connectivity index (χ4v) is 6.54. The minimum absolute atomic E-state index is 0.00692. The lowest BCUT2D eigenvalue weighted by atomic mass is 9.48. The Morgan fingerprint density at radius 1 is 0.781 bits per heavy atom. The summed E-state index contributed by atoms with van der Waals surface area (Å²) in [4.78, 5) is 22.5. The lowest BCUT2D eigenvalue weighted by Crippen LogP contribution is -2.48. The van der Waals surface area contributed by atoms with Crippen LogP contribution in [0.4, 0.5) is 0 Å². The third-order valence-electron chi connectivity index (χ3n) is 7.50. The van der Waals surface area contributed by atoms with Gasteiger partial charge in [0.25, 0.3) is 0 Å². The molecule has 0 spiro atoms. The average molecular weight is 424 g/mol. The number of benzene rings is 2. The van der Waals surface area contributed by atoms with Crippen LogP contribution < -0.4 is 0 Å². The molecule has 0 saturated heterocycles. The summed E-state index contributed by atoms with van der Waals surface area (Å²) in [5.74, 6) is 11.6. The largest absolute Gasteiger partial charge is 0.478 e. The Labute approximate surface area is 187 Å². The fraction of sp³-hybridized carbons (Fsp3) is 0.357. The highest BCUT2D eigenvalue weighted by molar-refractivity contribution is 5.94. The molecule has 4 aliphatic rings. The SMILES string of the molecule is O=C(O)c1ccc(C(=O)O)c(C#CC#Cc2ccc(C34CC5CC(CC(C5)C3)C4)cc2)c1. The van der Waals surface area contributed by atoms with Crippen LogP contribution in [0.15, 0.2) is 42.5 Å². The van der Waals surface area contributed by atoms with Crippen LogP contribution in [0.3, 0.4) is 0 Å². The molecule has 4 saturated carbocycles. The Morgan fingerprint density at radius 3 is 1.94 bits per heavy atom. The maximum atomic E-state index is 11.4. The molecule has 4 aliphatic carbocycles. The molecule has 0 radical (unpaired) electrons. The molecular formula is C28H24O4. The van der Waals surface area contributed by atoms with E-state index in [1.807, 2.05) is 0 Å². The first-order valence-electron chi connectivity index (χ1n) is 11.1. The van der Waals surface area contributed by atoms with Crippen molar-refractivity contribution >= 4 is 11.9 Å². The first-order chi connectivity index (χ1) is 15.4. The number of carboxylic acid groups (broad SMARTS) is 2. The maximum Gasteiger partial charge on any atom is 0.336 e. The third kappa shape index (κ3) is 3.78. The van der Waals surface area contributed by atoms with Crippen molar-refractivity contribution in [2.45, 2.75) is 43.9 Å². The van der Waals surface area contributed by atoms with Gasteiger partial charge in [-0.25, -0.2) is 9.59 Å². The van der Waals surface area contributed by atoms with Gasteiger partial charge in [-0.15, -0.1) is 0 Å². The predicted molar refractivity (Wildman–Crippen MR) is 120 cm³/mol.